The van der Waals surface area contributed by atoms with Crippen molar-refractivity contribution in [1.29, 1.82) is 0 Å². The van der Waals surface area contributed by atoms with Gasteiger partial charge < -0.3 is 10.3 Å². The van der Waals surface area contributed by atoms with Gasteiger partial charge in [0, 0.05) is 19.2 Å². The summed E-state index contributed by atoms with van der Waals surface area (Å²) in [6.45, 7) is 3.10. The summed E-state index contributed by atoms with van der Waals surface area (Å²) < 4.78 is 27.4. The molecule has 0 radical (unpaired) electrons. The number of nitro groups is 1. The fraction of sp³-hybridized carbons (Fsp3) is 0.318. The Morgan fingerprint density at radius 1 is 1.25 bits per heavy atom. The highest BCUT2D eigenvalue weighted by atomic mass is 32.2. The van der Waals surface area contributed by atoms with Crippen molar-refractivity contribution < 1.29 is 13.3 Å². The number of aromatic amines is 1. The van der Waals surface area contributed by atoms with Crippen molar-refractivity contribution in [1.82, 2.24) is 14.3 Å². The van der Waals surface area contributed by atoms with Gasteiger partial charge in [0.05, 0.1) is 28.3 Å². The molecule has 10 heteroatoms. The largest absolute Gasteiger partial charge is 0.372 e. The second-order valence-corrected chi connectivity index (χ2v) is 9.95. The molecule has 0 spiro atoms. The predicted octanol–water partition coefficient (Wildman–Crippen LogP) is 4.02. The minimum absolute atomic E-state index is 0.0618. The number of hydrogen-bond donors (Lipinski definition) is 2. The lowest BCUT2D eigenvalue weighted by molar-refractivity contribution is -0.384. The van der Waals surface area contributed by atoms with E-state index in [1.165, 1.54) is 16.4 Å². The molecule has 0 saturated carbocycles. The standard InChI is InChI=1S/C22H25N5O4S/c1-16-6-5-11-26(15-16)32(30,31)18-9-10-19(21(12-18)27(28)29)23-14-22-24-13-20(25-22)17-7-3-2-4-8-17/h2-4,7-10,12-13,16,23H,5-6,11,14-15H2,1H3,(H,24,25)/t16-/m0/s1. The first kappa shape index (κ1) is 22.0. The molecule has 1 aromatic heterocycles. The lowest BCUT2D eigenvalue weighted by Gasteiger charge is -2.30. The molecule has 1 aliphatic heterocycles. The van der Waals surface area contributed by atoms with Crippen LogP contribution in [0.15, 0.2) is 59.6 Å². The average molecular weight is 456 g/mol. The Kier molecular flexibility index (Phi) is 6.24. The molecular formula is C22H25N5O4S. The Morgan fingerprint density at radius 2 is 2.03 bits per heavy atom. The van der Waals surface area contributed by atoms with Crippen molar-refractivity contribution in [2.24, 2.45) is 5.92 Å². The minimum Gasteiger partial charge on any atom is -0.372 e. The molecule has 1 saturated heterocycles. The third kappa shape index (κ3) is 4.66. The van der Waals surface area contributed by atoms with Crippen molar-refractivity contribution in [2.45, 2.75) is 31.2 Å². The fourth-order valence-corrected chi connectivity index (χ4v) is 5.50. The number of nitrogens with zero attached hydrogens (tertiary/aromatic N) is 3. The summed E-state index contributed by atoms with van der Waals surface area (Å²) in [5.74, 6) is 0.876. The monoisotopic (exact) mass is 455 g/mol. The molecule has 32 heavy (non-hydrogen) atoms. The Hall–Kier alpha value is -3.24. The van der Waals surface area contributed by atoms with Crippen molar-refractivity contribution >= 4 is 21.4 Å². The molecule has 1 fully saturated rings. The normalized spacial score (nSPS) is 17.2. The van der Waals surface area contributed by atoms with Crippen molar-refractivity contribution in [3.63, 3.8) is 0 Å². The quantitative estimate of drug-likeness (QED) is 0.410. The van der Waals surface area contributed by atoms with Gasteiger partial charge in [-0.15, -0.1) is 0 Å². The van der Waals surface area contributed by atoms with Crippen molar-refractivity contribution in [3.05, 3.63) is 70.7 Å². The number of nitro benzene ring substituents is 1. The molecule has 0 unspecified atom stereocenters. The highest BCUT2D eigenvalue weighted by Gasteiger charge is 2.30. The van der Waals surface area contributed by atoms with Crippen LogP contribution in [0.5, 0.6) is 0 Å². The molecule has 3 aromatic rings. The molecule has 168 valence electrons. The summed E-state index contributed by atoms with van der Waals surface area (Å²) in [7, 11) is -3.78. The van der Waals surface area contributed by atoms with E-state index in [4.69, 9.17) is 0 Å². The highest BCUT2D eigenvalue weighted by Crippen LogP contribution is 2.31. The Morgan fingerprint density at radius 3 is 2.75 bits per heavy atom. The van der Waals surface area contributed by atoms with Gasteiger partial charge in [0.25, 0.3) is 5.69 Å². The number of anilines is 1. The van der Waals surface area contributed by atoms with Crippen LogP contribution in [0.25, 0.3) is 11.3 Å². The van der Waals surface area contributed by atoms with Crippen LogP contribution in [0.2, 0.25) is 0 Å². The summed E-state index contributed by atoms with van der Waals surface area (Å²) in [5.41, 5.74) is 1.78. The molecular weight excluding hydrogens is 430 g/mol. The first-order valence-corrected chi connectivity index (χ1v) is 11.9. The van der Waals surface area contributed by atoms with Gasteiger partial charge >= 0.3 is 0 Å². The molecule has 0 aliphatic carbocycles. The highest BCUT2D eigenvalue weighted by molar-refractivity contribution is 7.89. The zero-order valence-corrected chi connectivity index (χ0v) is 18.5. The summed E-state index contributed by atoms with van der Waals surface area (Å²) >= 11 is 0. The van der Waals surface area contributed by atoms with Crippen molar-refractivity contribution in [3.8, 4) is 11.3 Å². The van der Waals surface area contributed by atoms with E-state index >= 15 is 0 Å². The van der Waals surface area contributed by atoms with Gasteiger partial charge in [-0.1, -0.05) is 37.3 Å². The zero-order valence-electron chi connectivity index (χ0n) is 17.7. The molecule has 2 aromatic carbocycles. The first-order valence-electron chi connectivity index (χ1n) is 10.5. The number of sulfonamides is 1. The molecule has 2 heterocycles. The van der Waals surface area contributed by atoms with Crippen molar-refractivity contribution in [2.75, 3.05) is 18.4 Å². The van der Waals surface area contributed by atoms with Crippen LogP contribution in [0, 0.1) is 16.0 Å². The van der Waals surface area contributed by atoms with Gasteiger partial charge in [-0.05, 0) is 36.5 Å². The van der Waals surface area contributed by atoms with Crippen LogP contribution in [0.1, 0.15) is 25.6 Å². The number of rotatable bonds is 7. The van der Waals surface area contributed by atoms with Crippen LogP contribution < -0.4 is 5.32 Å². The lowest BCUT2D eigenvalue weighted by atomic mass is 10.0. The summed E-state index contributed by atoms with van der Waals surface area (Å²) in [6.07, 6.45) is 3.47. The van der Waals surface area contributed by atoms with Crippen LogP contribution in [-0.2, 0) is 16.6 Å². The van der Waals surface area contributed by atoms with E-state index in [1.54, 1.807) is 6.20 Å². The van der Waals surface area contributed by atoms with Gasteiger partial charge in [0.15, 0.2) is 0 Å². The number of aromatic nitrogens is 2. The van der Waals surface area contributed by atoms with Crippen LogP contribution in [-0.4, -0.2) is 40.7 Å². The number of hydrogen-bond acceptors (Lipinski definition) is 6. The molecule has 1 aliphatic rings. The number of H-pyrrole nitrogens is 1. The molecule has 0 bridgehead atoms. The van der Waals surface area contributed by atoms with E-state index < -0.39 is 14.9 Å². The van der Waals surface area contributed by atoms with Crippen LogP contribution >= 0.6 is 0 Å². The van der Waals surface area contributed by atoms with E-state index in [0.29, 0.717) is 18.9 Å². The predicted molar refractivity (Wildman–Crippen MR) is 122 cm³/mol. The van der Waals surface area contributed by atoms with Crippen LogP contribution in [0.4, 0.5) is 11.4 Å². The fourth-order valence-electron chi connectivity index (χ4n) is 3.88. The lowest BCUT2D eigenvalue weighted by Crippen LogP contribution is -2.39. The SMILES string of the molecule is C[C@H]1CCCN(S(=O)(=O)c2ccc(NCc3ncc(-c4ccccc4)[nH]3)c([N+](=O)[O-])c2)C1. The number of piperidine rings is 1. The number of imidazole rings is 1. The molecule has 4 rings (SSSR count). The van der Waals surface area contributed by atoms with E-state index in [0.717, 1.165) is 30.2 Å². The summed E-state index contributed by atoms with van der Waals surface area (Å²) in [6, 6.07) is 13.7. The number of nitrogens with one attached hydrogen (secondary N) is 2. The van der Waals surface area contributed by atoms with E-state index in [2.05, 4.69) is 15.3 Å². The van der Waals surface area contributed by atoms with Gasteiger partial charge in [0.2, 0.25) is 10.0 Å². The summed E-state index contributed by atoms with van der Waals surface area (Å²) in [4.78, 5) is 18.5. The van der Waals surface area contributed by atoms with Gasteiger partial charge in [0.1, 0.15) is 11.5 Å². The van der Waals surface area contributed by atoms with Gasteiger partial charge in [-0.2, -0.15) is 4.31 Å². The Balaban J connectivity index is 1.53. The zero-order chi connectivity index (χ0) is 22.7. The summed E-state index contributed by atoms with van der Waals surface area (Å²) in [5, 5.41) is 14.7. The number of benzene rings is 2. The second-order valence-electron chi connectivity index (χ2n) is 8.01. The second kappa shape index (κ2) is 9.09. The topological polar surface area (TPSA) is 121 Å². The maximum atomic E-state index is 13.0. The van der Waals surface area contributed by atoms with Gasteiger partial charge in [-0.25, -0.2) is 13.4 Å². The Labute approximate surface area is 186 Å². The van der Waals surface area contributed by atoms with E-state index in [1.807, 2.05) is 37.3 Å². The third-order valence-corrected chi connectivity index (χ3v) is 7.44. The van der Waals surface area contributed by atoms with Crippen LogP contribution in [0.3, 0.4) is 0 Å². The van der Waals surface area contributed by atoms with Gasteiger partial charge in [-0.3, -0.25) is 10.1 Å². The first-order chi connectivity index (χ1) is 15.3. The Bertz CT molecular complexity index is 1210. The maximum Gasteiger partial charge on any atom is 0.293 e. The average Bonchev–Trinajstić information content (AvgIpc) is 3.27. The maximum absolute atomic E-state index is 13.0. The molecule has 1 atom stereocenters. The van der Waals surface area contributed by atoms with E-state index in [-0.39, 0.29) is 28.7 Å². The smallest absolute Gasteiger partial charge is 0.293 e. The van der Waals surface area contributed by atoms with E-state index in [9.17, 15) is 18.5 Å². The molecule has 2 N–H and O–H groups in total. The third-order valence-electron chi connectivity index (χ3n) is 5.58. The minimum atomic E-state index is -3.78. The molecule has 0 amide bonds. The molecule has 9 nitrogen and oxygen atoms in total.